The average Bonchev–Trinajstić information content (AvgIpc) is 3.40. The third-order valence-electron chi connectivity index (χ3n) is 7.05. The smallest absolute Gasteiger partial charge is 0.250 e. The van der Waals surface area contributed by atoms with Crippen LogP contribution < -0.4 is 15.5 Å². The fourth-order valence-electron chi connectivity index (χ4n) is 5.29. The van der Waals surface area contributed by atoms with Crippen LogP contribution in [0.3, 0.4) is 0 Å². The lowest BCUT2D eigenvalue weighted by Crippen LogP contribution is -2.29. The number of ether oxygens (including phenoxy) is 1. The number of thiocarbonyl (C=S) groups is 1. The Balaban J connectivity index is 1.61. The quantitative estimate of drug-likeness (QED) is 0.309. The van der Waals surface area contributed by atoms with Gasteiger partial charge in [-0.3, -0.25) is 9.78 Å². The van der Waals surface area contributed by atoms with Crippen LogP contribution in [-0.4, -0.2) is 39.3 Å². The molecule has 9 heteroatoms. The standard InChI is InChI=1S/C30H32N6O2S/c1-18-11-13-32-26(14-18)35-20(3)16-23(21(35)4)29-28(25-8-6-7-12-31-25)34-30(39)36(29)22-9-10-24(19(2)15-22)33-27(37)17-38-5/h6-16,28-29H,17H2,1-5H3,(H,33,37)(H,34,39)/t28-,29-/m0/s1. The number of rotatable bonds is 7. The Morgan fingerprint density at radius 2 is 1.87 bits per heavy atom. The number of nitrogens with one attached hydrogen (secondary N) is 2. The van der Waals surface area contributed by atoms with Gasteiger partial charge in [0, 0.05) is 42.3 Å². The zero-order valence-corrected chi connectivity index (χ0v) is 23.5. The highest BCUT2D eigenvalue weighted by molar-refractivity contribution is 7.80. The number of aromatic nitrogens is 3. The molecule has 2 atom stereocenters. The van der Waals surface area contributed by atoms with Gasteiger partial charge in [-0.25, -0.2) is 4.98 Å². The van der Waals surface area contributed by atoms with E-state index in [2.05, 4.69) is 63.0 Å². The van der Waals surface area contributed by atoms with Gasteiger partial charge >= 0.3 is 0 Å². The van der Waals surface area contributed by atoms with Gasteiger partial charge in [0.15, 0.2) is 5.11 Å². The van der Waals surface area contributed by atoms with Crippen molar-refractivity contribution in [3.05, 3.63) is 101 Å². The van der Waals surface area contributed by atoms with Gasteiger partial charge in [-0.15, -0.1) is 0 Å². The third kappa shape index (κ3) is 5.15. The van der Waals surface area contributed by atoms with Gasteiger partial charge in [0.25, 0.3) is 0 Å². The number of hydrogen-bond donors (Lipinski definition) is 2. The van der Waals surface area contributed by atoms with Gasteiger partial charge in [-0.1, -0.05) is 6.07 Å². The monoisotopic (exact) mass is 540 g/mol. The zero-order chi connectivity index (χ0) is 27.7. The summed E-state index contributed by atoms with van der Waals surface area (Å²) in [6, 6.07) is 17.9. The predicted molar refractivity (Wildman–Crippen MR) is 157 cm³/mol. The number of nitrogens with zero attached hydrogens (tertiary/aromatic N) is 4. The number of amides is 1. The van der Waals surface area contributed by atoms with Crippen LogP contribution in [0, 0.1) is 27.7 Å². The minimum absolute atomic E-state index is 0.000561. The highest BCUT2D eigenvalue weighted by atomic mass is 32.1. The van der Waals surface area contributed by atoms with Gasteiger partial charge in [0.2, 0.25) is 5.91 Å². The van der Waals surface area contributed by atoms with Gasteiger partial charge < -0.3 is 24.8 Å². The Bertz CT molecular complexity index is 1530. The van der Waals surface area contributed by atoms with Crippen LogP contribution in [0.1, 0.15) is 45.9 Å². The van der Waals surface area contributed by atoms with Crippen molar-refractivity contribution in [3.8, 4) is 5.82 Å². The van der Waals surface area contributed by atoms with Crippen LogP contribution in [0.25, 0.3) is 5.82 Å². The Kier molecular flexibility index (Phi) is 7.45. The summed E-state index contributed by atoms with van der Waals surface area (Å²) in [6.45, 7) is 8.27. The summed E-state index contributed by atoms with van der Waals surface area (Å²) in [5, 5.41) is 7.06. The third-order valence-corrected chi connectivity index (χ3v) is 7.37. The molecule has 1 fully saturated rings. The first-order valence-electron chi connectivity index (χ1n) is 12.8. The molecular formula is C30H32N6O2S. The largest absolute Gasteiger partial charge is 0.375 e. The molecule has 0 bridgehead atoms. The molecule has 0 unspecified atom stereocenters. The maximum absolute atomic E-state index is 12.1. The molecule has 4 heterocycles. The maximum Gasteiger partial charge on any atom is 0.250 e. The SMILES string of the molecule is COCC(=O)Nc1ccc(N2C(=S)N[C@@H](c3ccccn3)[C@@H]2c2cc(C)n(-c3cc(C)ccn3)c2C)cc1C. The van der Waals surface area contributed by atoms with E-state index in [0.29, 0.717) is 5.11 Å². The van der Waals surface area contributed by atoms with Crippen molar-refractivity contribution in [2.24, 2.45) is 0 Å². The van der Waals surface area contributed by atoms with Crippen LogP contribution >= 0.6 is 12.2 Å². The van der Waals surface area contributed by atoms with E-state index in [4.69, 9.17) is 17.0 Å². The first-order valence-corrected chi connectivity index (χ1v) is 13.2. The molecule has 5 rings (SSSR count). The molecule has 0 aliphatic carbocycles. The first-order chi connectivity index (χ1) is 18.8. The number of carbonyl (C=O) groups is 1. The van der Waals surface area contributed by atoms with E-state index in [-0.39, 0.29) is 24.6 Å². The molecule has 1 amide bonds. The zero-order valence-electron chi connectivity index (χ0n) is 22.7. The summed E-state index contributed by atoms with van der Waals surface area (Å²) in [5.41, 5.74) is 7.96. The lowest BCUT2D eigenvalue weighted by Gasteiger charge is -2.29. The molecule has 8 nitrogen and oxygen atoms in total. The molecule has 1 saturated heterocycles. The van der Waals surface area contributed by atoms with Crippen molar-refractivity contribution >= 4 is 34.6 Å². The fraction of sp³-hybridized carbons (Fsp3) is 0.267. The summed E-state index contributed by atoms with van der Waals surface area (Å²) >= 11 is 5.93. The van der Waals surface area contributed by atoms with Crippen LogP contribution in [0.4, 0.5) is 11.4 Å². The molecule has 39 heavy (non-hydrogen) atoms. The molecule has 0 spiro atoms. The number of aryl methyl sites for hydroxylation is 3. The number of methoxy groups -OCH3 is 1. The molecule has 0 saturated carbocycles. The molecule has 1 aromatic carbocycles. The number of carbonyl (C=O) groups excluding carboxylic acids is 1. The van der Waals surface area contributed by atoms with Crippen molar-refractivity contribution < 1.29 is 9.53 Å². The highest BCUT2D eigenvalue weighted by Crippen LogP contribution is 2.44. The Hall–Kier alpha value is -4.08. The van der Waals surface area contributed by atoms with E-state index < -0.39 is 0 Å². The fourth-order valence-corrected chi connectivity index (χ4v) is 5.63. The molecule has 2 N–H and O–H groups in total. The van der Waals surface area contributed by atoms with Crippen LogP contribution in [-0.2, 0) is 9.53 Å². The minimum atomic E-state index is -0.197. The number of pyridine rings is 2. The van der Waals surface area contributed by atoms with Crippen molar-refractivity contribution in [1.82, 2.24) is 19.9 Å². The second kappa shape index (κ2) is 11.0. The Morgan fingerprint density at radius 1 is 1.05 bits per heavy atom. The maximum atomic E-state index is 12.1. The second-order valence-corrected chi connectivity index (χ2v) is 10.2. The average molecular weight is 541 g/mol. The van der Waals surface area contributed by atoms with E-state index in [1.807, 2.05) is 55.6 Å². The summed E-state index contributed by atoms with van der Waals surface area (Å²) < 4.78 is 7.15. The Morgan fingerprint density at radius 3 is 2.56 bits per heavy atom. The van der Waals surface area contributed by atoms with Crippen LogP contribution in [0.2, 0.25) is 0 Å². The van der Waals surface area contributed by atoms with E-state index >= 15 is 0 Å². The normalized spacial score (nSPS) is 16.8. The van der Waals surface area contributed by atoms with Gasteiger partial charge in [-0.2, -0.15) is 0 Å². The molecule has 200 valence electrons. The molecule has 1 aliphatic rings. The summed E-state index contributed by atoms with van der Waals surface area (Å²) in [6.07, 6.45) is 3.65. The lowest BCUT2D eigenvalue weighted by molar-refractivity contribution is -0.119. The molecule has 1 aliphatic heterocycles. The van der Waals surface area contributed by atoms with Crippen LogP contribution in [0.5, 0.6) is 0 Å². The second-order valence-electron chi connectivity index (χ2n) is 9.83. The first kappa shape index (κ1) is 26.5. The molecule has 3 aromatic heterocycles. The minimum Gasteiger partial charge on any atom is -0.375 e. The molecule has 4 aromatic rings. The van der Waals surface area contributed by atoms with Gasteiger partial charge in [-0.05, 0) is 105 Å². The van der Waals surface area contributed by atoms with Crippen molar-refractivity contribution in [1.29, 1.82) is 0 Å². The van der Waals surface area contributed by atoms with Gasteiger partial charge in [0.05, 0.1) is 17.8 Å². The summed E-state index contributed by atoms with van der Waals surface area (Å²) in [7, 11) is 1.50. The van der Waals surface area contributed by atoms with E-state index in [1.54, 1.807) is 6.20 Å². The Labute approximate surface area is 234 Å². The number of anilines is 2. The van der Waals surface area contributed by atoms with Gasteiger partial charge in [0.1, 0.15) is 12.4 Å². The molecular weight excluding hydrogens is 508 g/mol. The van der Waals surface area contributed by atoms with E-state index in [1.165, 1.54) is 7.11 Å². The van der Waals surface area contributed by atoms with E-state index in [0.717, 1.165) is 51.0 Å². The summed E-state index contributed by atoms with van der Waals surface area (Å²) in [5.74, 6) is 0.690. The highest BCUT2D eigenvalue weighted by Gasteiger charge is 2.42. The van der Waals surface area contributed by atoms with Crippen LogP contribution in [0.15, 0.2) is 67.0 Å². The topological polar surface area (TPSA) is 84.3 Å². The lowest BCUT2D eigenvalue weighted by atomic mass is 9.96. The van der Waals surface area contributed by atoms with E-state index in [9.17, 15) is 4.79 Å². The predicted octanol–water partition coefficient (Wildman–Crippen LogP) is 5.26. The van der Waals surface area contributed by atoms with Crippen molar-refractivity contribution in [3.63, 3.8) is 0 Å². The van der Waals surface area contributed by atoms with Crippen molar-refractivity contribution in [2.45, 2.75) is 39.8 Å². The number of hydrogen-bond acceptors (Lipinski definition) is 5. The molecule has 0 radical (unpaired) electrons. The van der Waals surface area contributed by atoms with Crippen molar-refractivity contribution in [2.75, 3.05) is 23.9 Å². The number of benzene rings is 1. The summed E-state index contributed by atoms with van der Waals surface area (Å²) in [4.78, 5) is 23.6.